The molecule has 1 fully saturated rings. The predicted octanol–water partition coefficient (Wildman–Crippen LogP) is 4.83. The summed E-state index contributed by atoms with van der Waals surface area (Å²) in [6.45, 7) is 10.6. The molecule has 0 aromatic rings. The molecule has 0 aromatic carbocycles. The Morgan fingerprint density at radius 3 is 2.55 bits per heavy atom. The Morgan fingerprint density at radius 2 is 1.91 bits per heavy atom. The maximum atomic E-state index is 12.6. The zero-order chi connectivity index (χ0) is 16.5. The van der Waals surface area contributed by atoms with Crippen molar-refractivity contribution in [3.63, 3.8) is 0 Å². The Kier molecular flexibility index (Phi) is 5.01. The maximum absolute atomic E-state index is 12.6. The Morgan fingerprint density at radius 1 is 1.23 bits per heavy atom. The van der Waals surface area contributed by atoms with Crippen LogP contribution >= 0.6 is 0 Å². The van der Waals surface area contributed by atoms with E-state index in [4.69, 9.17) is 0 Å². The first-order chi connectivity index (χ1) is 10.2. The lowest BCUT2D eigenvalue weighted by Gasteiger charge is -2.40. The molecule has 22 heavy (non-hydrogen) atoms. The molecule has 124 valence electrons. The minimum Gasteiger partial charge on any atom is -0.389 e. The zero-order valence-electron chi connectivity index (χ0n) is 14.9. The van der Waals surface area contributed by atoms with E-state index >= 15 is 0 Å². The molecule has 0 spiro atoms. The lowest BCUT2D eigenvalue weighted by Crippen LogP contribution is -2.44. The fourth-order valence-electron chi connectivity index (χ4n) is 4.28. The van der Waals surface area contributed by atoms with Crippen LogP contribution in [0.4, 0.5) is 0 Å². The average molecular weight is 304 g/mol. The van der Waals surface area contributed by atoms with Crippen LogP contribution in [0.25, 0.3) is 0 Å². The summed E-state index contributed by atoms with van der Waals surface area (Å²) in [5.41, 5.74) is 1.59. The number of carbonyl (C=O) groups excluding carboxylic acids is 1. The third-order valence-electron chi connectivity index (χ3n) is 6.28. The molecule has 1 saturated carbocycles. The molecule has 3 atom stereocenters. The van der Waals surface area contributed by atoms with Crippen LogP contribution in [0.5, 0.6) is 0 Å². The van der Waals surface area contributed by atoms with E-state index in [2.05, 4.69) is 39.8 Å². The van der Waals surface area contributed by atoms with E-state index in [1.807, 2.05) is 6.92 Å². The van der Waals surface area contributed by atoms with Crippen molar-refractivity contribution in [1.29, 1.82) is 0 Å². The molecule has 1 N–H and O–H groups in total. The second-order valence-corrected chi connectivity index (χ2v) is 8.16. The van der Waals surface area contributed by atoms with Gasteiger partial charge in [-0.15, -0.1) is 0 Å². The van der Waals surface area contributed by atoms with Crippen molar-refractivity contribution < 1.29 is 9.90 Å². The van der Waals surface area contributed by atoms with Crippen molar-refractivity contribution in [3.05, 3.63) is 23.3 Å². The van der Waals surface area contributed by atoms with Gasteiger partial charge in [0.1, 0.15) is 0 Å². The molecule has 2 aliphatic carbocycles. The largest absolute Gasteiger partial charge is 0.389 e. The average Bonchev–Trinajstić information content (AvgIpc) is 2.70. The third kappa shape index (κ3) is 3.22. The summed E-state index contributed by atoms with van der Waals surface area (Å²) in [5.74, 6) is 0.460. The van der Waals surface area contributed by atoms with Gasteiger partial charge in [-0.2, -0.15) is 0 Å². The number of aliphatic hydroxyl groups is 1. The van der Waals surface area contributed by atoms with Gasteiger partial charge in [-0.3, -0.25) is 4.79 Å². The Hall–Kier alpha value is -0.890. The van der Waals surface area contributed by atoms with Crippen molar-refractivity contribution in [2.75, 3.05) is 0 Å². The van der Waals surface area contributed by atoms with Gasteiger partial charge in [0, 0.05) is 12.3 Å². The molecule has 2 rings (SSSR count). The van der Waals surface area contributed by atoms with Gasteiger partial charge in [0.05, 0.1) is 5.60 Å². The van der Waals surface area contributed by atoms with Crippen LogP contribution in [0.1, 0.15) is 73.1 Å². The lowest BCUT2D eigenvalue weighted by atomic mass is 9.67. The second kappa shape index (κ2) is 6.31. The summed E-state index contributed by atoms with van der Waals surface area (Å²) in [7, 11) is 0. The first kappa shape index (κ1) is 17.5. The molecule has 0 aromatic heterocycles. The molecule has 0 bridgehead atoms. The molecular weight excluding hydrogens is 272 g/mol. The smallest absolute Gasteiger partial charge is 0.158 e. The highest BCUT2D eigenvalue weighted by Gasteiger charge is 2.55. The van der Waals surface area contributed by atoms with Crippen molar-refractivity contribution in [1.82, 2.24) is 0 Å². The van der Waals surface area contributed by atoms with Crippen LogP contribution in [0.3, 0.4) is 0 Å². The minimum atomic E-state index is -0.708. The quantitative estimate of drug-likeness (QED) is 0.705. The van der Waals surface area contributed by atoms with Crippen molar-refractivity contribution in [3.8, 4) is 0 Å². The topological polar surface area (TPSA) is 37.3 Å². The van der Waals surface area contributed by atoms with Gasteiger partial charge in [0.25, 0.3) is 0 Å². The summed E-state index contributed by atoms with van der Waals surface area (Å²) >= 11 is 0. The van der Waals surface area contributed by atoms with Gasteiger partial charge in [0.15, 0.2) is 5.78 Å². The number of rotatable bonds is 1. The number of allylic oxidation sites excluding steroid dienone is 4. The van der Waals surface area contributed by atoms with E-state index in [1.54, 1.807) is 0 Å². The first-order valence-corrected chi connectivity index (χ1v) is 8.77. The van der Waals surface area contributed by atoms with Crippen LogP contribution in [0.15, 0.2) is 23.3 Å². The first-order valence-electron chi connectivity index (χ1n) is 8.77. The third-order valence-corrected chi connectivity index (χ3v) is 6.28. The fraction of sp³-hybridized carbons (Fsp3) is 0.750. The summed E-state index contributed by atoms with van der Waals surface area (Å²) in [6, 6.07) is 0. The predicted molar refractivity (Wildman–Crippen MR) is 91.6 cm³/mol. The van der Waals surface area contributed by atoms with E-state index < -0.39 is 5.60 Å². The molecule has 1 unspecified atom stereocenters. The van der Waals surface area contributed by atoms with Gasteiger partial charge in [-0.25, -0.2) is 0 Å². The van der Waals surface area contributed by atoms with Crippen LogP contribution < -0.4 is 0 Å². The highest BCUT2D eigenvalue weighted by Crippen LogP contribution is 2.56. The van der Waals surface area contributed by atoms with E-state index in [0.29, 0.717) is 6.42 Å². The molecule has 0 heterocycles. The SMILES string of the molecule is C/C1=C\C[C@]2(C)CC[C@](O)(C(C)C)C2CC(=O)/C(C)=C/CC1. The van der Waals surface area contributed by atoms with Crippen molar-refractivity contribution >= 4 is 5.78 Å². The Labute approximate surface area is 135 Å². The Bertz CT molecular complexity index is 500. The maximum Gasteiger partial charge on any atom is 0.158 e. The molecular formula is C20H32O2. The minimum absolute atomic E-state index is 0.0283. The van der Waals surface area contributed by atoms with Crippen LogP contribution in [0.2, 0.25) is 0 Å². The number of hydrogen-bond donors (Lipinski definition) is 1. The number of fused-ring (bicyclic) bond motifs is 1. The van der Waals surface area contributed by atoms with E-state index in [1.165, 1.54) is 5.57 Å². The number of carbonyl (C=O) groups is 1. The molecule has 0 radical (unpaired) electrons. The van der Waals surface area contributed by atoms with Gasteiger partial charge in [-0.1, -0.05) is 38.5 Å². The number of Topliss-reactive ketones (excluding diaryl/α,β-unsaturated/α-hetero) is 1. The van der Waals surface area contributed by atoms with E-state index in [9.17, 15) is 9.90 Å². The zero-order valence-corrected chi connectivity index (χ0v) is 14.9. The molecule has 0 aliphatic heterocycles. The standard InChI is InChI=1S/C20H32O2/c1-14(2)20(22)12-11-19(5)10-9-15(3)7-6-8-16(4)17(21)13-18(19)20/h8-9,14,18,22H,6-7,10-13H2,1-5H3/b15-9+,16-8+/t18?,19-,20+/m1/s1. The summed E-state index contributed by atoms with van der Waals surface area (Å²) in [4.78, 5) is 12.6. The van der Waals surface area contributed by atoms with Gasteiger partial charge in [0.2, 0.25) is 0 Å². The molecule has 2 heteroatoms. The van der Waals surface area contributed by atoms with Crippen molar-refractivity contribution in [2.24, 2.45) is 17.3 Å². The number of ketones is 1. The molecule has 0 amide bonds. The summed E-state index contributed by atoms with van der Waals surface area (Å²) < 4.78 is 0. The number of hydrogen-bond acceptors (Lipinski definition) is 2. The van der Waals surface area contributed by atoms with Crippen LogP contribution in [0, 0.1) is 17.3 Å². The van der Waals surface area contributed by atoms with E-state index in [0.717, 1.165) is 37.7 Å². The van der Waals surface area contributed by atoms with Gasteiger partial charge >= 0.3 is 0 Å². The van der Waals surface area contributed by atoms with Crippen LogP contribution in [-0.4, -0.2) is 16.5 Å². The highest BCUT2D eigenvalue weighted by molar-refractivity contribution is 5.95. The summed E-state index contributed by atoms with van der Waals surface area (Å²) in [5, 5.41) is 11.3. The Balaban J connectivity index is 2.42. The van der Waals surface area contributed by atoms with Crippen LogP contribution in [-0.2, 0) is 4.79 Å². The van der Waals surface area contributed by atoms with Gasteiger partial charge < -0.3 is 5.11 Å². The normalized spacial score (nSPS) is 42.1. The molecule has 2 aliphatic rings. The molecule has 0 saturated heterocycles. The second-order valence-electron chi connectivity index (χ2n) is 8.16. The van der Waals surface area contributed by atoms with E-state index in [-0.39, 0.29) is 23.0 Å². The van der Waals surface area contributed by atoms with Gasteiger partial charge in [-0.05, 0) is 62.9 Å². The molecule has 2 nitrogen and oxygen atoms in total. The van der Waals surface area contributed by atoms with Crippen molar-refractivity contribution in [2.45, 2.75) is 78.7 Å². The monoisotopic (exact) mass is 304 g/mol. The highest BCUT2D eigenvalue weighted by atomic mass is 16.3. The summed E-state index contributed by atoms with van der Waals surface area (Å²) in [6.07, 6.45) is 9.67. The lowest BCUT2D eigenvalue weighted by molar-refractivity contribution is -0.122. The fourth-order valence-corrected chi connectivity index (χ4v) is 4.28.